The standard InChI is InChI=1S/C15H20N2OS/c16-13-2-1-3-14-12(13)4-7-17(14)15(18)10-11-5-8-19-9-6-11/h1-3,11H,4-10,16H2. The minimum Gasteiger partial charge on any atom is -0.398 e. The topological polar surface area (TPSA) is 46.3 Å². The van der Waals surface area contributed by atoms with Crippen LogP contribution in [0.1, 0.15) is 24.8 Å². The van der Waals surface area contributed by atoms with E-state index in [4.69, 9.17) is 5.73 Å². The summed E-state index contributed by atoms with van der Waals surface area (Å²) in [5.74, 6) is 3.28. The Morgan fingerprint density at radius 1 is 1.37 bits per heavy atom. The molecule has 0 aromatic heterocycles. The van der Waals surface area contributed by atoms with Crippen molar-refractivity contribution in [2.75, 3.05) is 28.7 Å². The highest BCUT2D eigenvalue weighted by Crippen LogP contribution is 2.34. The SMILES string of the molecule is Nc1cccc2c1CCN2C(=O)CC1CCSCC1. The van der Waals surface area contributed by atoms with Gasteiger partial charge in [-0.25, -0.2) is 0 Å². The van der Waals surface area contributed by atoms with Gasteiger partial charge in [-0.1, -0.05) is 6.07 Å². The number of hydrogen-bond donors (Lipinski definition) is 1. The van der Waals surface area contributed by atoms with Crippen molar-refractivity contribution in [1.82, 2.24) is 0 Å². The van der Waals surface area contributed by atoms with E-state index in [9.17, 15) is 4.79 Å². The number of hydrogen-bond acceptors (Lipinski definition) is 3. The van der Waals surface area contributed by atoms with Gasteiger partial charge in [-0.15, -0.1) is 0 Å². The predicted octanol–water partition coefficient (Wildman–Crippen LogP) is 2.69. The van der Waals surface area contributed by atoms with Gasteiger partial charge in [-0.05, 0) is 48.8 Å². The molecule has 2 heterocycles. The first kappa shape index (κ1) is 12.9. The van der Waals surface area contributed by atoms with Gasteiger partial charge < -0.3 is 10.6 Å². The zero-order valence-electron chi connectivity index (χ0n) is 11.1. The number of fused-ring (bicyclic) bond motifs is 1. The van der Waals surface area contributed by atoms with E-state index in [0.29, 0.717) is 12.3 Å². The van der Waals surface area contributed by atoms with Gasteiger partial charge in [0.1, 0.15) is 0 Å². The quantitative estimate of drug-likeness (QED) is 0.845. The average Bonchev–Trinajstić information content (AvgIpc) is 2.85. The lowest BCUT2D eigenvalue weighted by Crippen LogP contribution is -2.31. The molecule has 0 unspecified atom stereocenters. The zero-order valence-corrected chi connectivity index (χ0v) is 11.9. The van der Waals surface area contributed by atoms with Crippen LogP contribution in [-0.4, -0.2) is 24.0 Å². The van der Waals surface area contributed by atoms with E-state index in [1.54, 1.807) is 0 Å². The van der Waals surface area contributed by atoms with Gasteiger partial charge >= 0.3 is 0 Å². The van der Waals surface area contributed by atoms with Gasteiger partial charge in [0, 0.05) is 29.9 Å². The van der Waals surface area contributed by atoms with Gasteiger partial charge in [0.2, 0.25) is 5.91 Å². The Labute approximate surface area is 118 Å². The van der Waals surface area contributed by atoms with E-state index < -0.39 is 0 Å². The van der Waals surface area contributed by atoms with Gasteiger partial charge in [-0.2, -0.15) is 11.8 Å². The van der Waals surface area contributed by atoms with Crippen molar-refractivity contribution in [3.8, 4) is 0 Å². The Morgan fingerprint density at radius 3 is 2.95 bits per heavy atom. The van der Waals surface area contributed by atoms with Gasteiger partial charge in [0.25, 0.3) is 0 Å². The largest absolute Gasteiger partial charge is 0.398 e. The molecule has 19 heavy (non-hydrogen) atoms. The molecule has 3 nitrogen and oxygen atoms in total. The van der Waals surface area contributed by atoms with Crippen LogP contribution in [0.5, 0.6) is 0 Å². The molecule has 1 fully saturated rings. The molecule has 1 amide bonds. The van der Waals surface area contributed by atoms with Crippen molar-refractivity contribution in [1.29, 1.82) is 0 Å². The summed E-state index contributed by atoms with van der Waals surface area (Å²) >= 11 is 2.01. The summed E-state index contributed by atoms with van der Waals surface area (Å²) in [5, 5.41) is 0. The van der Waals surface area contributed by atoms with Gasteiger partial charge in [0.15, 0.2) is 0 Å². The highest BCUT2D eigenvalue weighted by Gasteiger charge is 2.27. The van der Waals surface area contributed by atoms with E-state index in [2.05, 4.69) is 0 Å². The summed E-state index contributed by atoms with van der Waals surface area (Å²) in [4.78, 5) is 14.4. The molecule has 2 N–H and O–H groups in total. The molecule has 2 aliphatic heterocycles. The minimum atomic E-state index is 0.279. The highest BCUT2D eigenvalue weighted by molar-refractivity contribution is 7.99. The van der Waals surface area contributed by atoms with Crippen LogP contribution in [0.2, 0.25) is 0 Å². The highest BCUT2D eigenvalue weighted by atomic mass is 32.2. The van der Waals surface area contributed by atoms with Crippen molar-refractivity contribution < 1.29 is 4.79 Å². The molecule has 4 heteroatoms. The van der Waals surface area contributed by atoms with Crippen molar-refractivity contribution in [2.24, 2.45) is 5.92 Å². The Kier molecular flexibility index (Phi) is 3.69. The van der Waals surface area contributed by atoms with Crippen molar-refractivity contribution in [2.45, 2.75) is 25.7 Å². The van der Waals surface area contributed by atoms with Crippen LogP contribution in [0, 0.1) is 5.92 Å². The summed E-state index contributed by atoms with van der Waals surface area (Å²) in [7, 11) is 0. The van der Waals surface area contributed by atoms with Crippen molar-refractivity contribution in [3.05, 3.63) is 23.8 Å². The third-order valence-electron chi connectivity index (χ3n) is 4.17. The summed E-state index contributed by atoms with van der Waals surface area (Å²) in [6.07, 6.45) is 3.98. The number of anilines is 2. The third kappa shape index (κ3) is 2.59. The van der Waals surface area contributed by atoms with Crippen LogP contribution in [0.4, 0.5) is 11.4 Å². The first-order chi connectivity index (χ1) is 9.25. The smallest absolute Gasteiger partial charge is 0.227 e. The monoisotopic (exact) mass is 276 g/mol. The molecule has 1 aromatic carbocycles. The van der Waals surface area contributed by atoms with Crippen LogP contribution in [0.25, 0.3) is 0 Å². The Balaban J connectivity index is 1.71. The Hall–Kier alpha value is -1.16. The fourth-order valence-corrected chi connectivity index (χ4v) is 4.23. The Bertz CT molecular complexity index is 483. The zero-order chi connectivity index (χ0) is 13.2. The molecule has 0 radical (unpaired) electrons. The molecule has 0 bridgehead atoms. The number of thioether (sulfide) groups is 1. The number of benzene rings is 1. The maximum Gasteiger partial charge on any atom is 0.227 e. The molecule has 1 aromatic rings. The molecule has 102 valence electrons. The third-order valence-corrected chi connectivity index (χ3v) is 5.22. The second-order valence-corrected chi connectivity index (χ2v) is 6.62. The summed E-state index contributed by atoms with van der Waals surface area (Å²) in [5.41, 5.74) is 8.98. The van der Waals surface area contributed by atoms with Crippen LogP contribution in [0.3, 0.4) is 0 Å². The maximum atomic E-state index is 12.5. The molecule has 0 saturated carbocycles. The van der Waals surface area contributed by atoms with Crippen molar-refractivity contribution in [3.63, 3.8) is 0 Å². The van der Waals surface area contributed by atoms with Crippen LogP contribution in [-0.2, 0) is 11.2 Å². The van der Waals surface area contributed by atoms with Gasteiger partial charge in [-0.3, -0.25) is 4.79 Å². The molecule has 0 aliphatic carbocycles. The molecule has 0 spiro atoms. The van der Waals surface area contributed by atoms with Crippen LogP contribution >= 0.6 is 11.8 Å². The number of amides is 1. The van der Waals surface area contributed by atoms with Crippen LogP contribution < -0.4 is 10.6 Å². The molecule has 3 rings (SSSR count). The Morgan fingerprint density at radius 2 is 2.16 bits per heavy atom. The fraction of sp³-hybridized carbons (Fsp3) is 0.533. The number of carbonyl (C=O) groups is 1. The molecular formula is C15H20N2OS. The molecule has 1 saturated heterocycles. The molecule has 2 aliphatic rings. The fourth-order valence-electron chi connectivity index (χ4n) is 3.03. The van der Waals surface area contributed by atoms with Gasteiger partial charge in [0.05, 0.1) is 0 Å². The average molecular weight is 276 g/mol. The van der Waals surface area contributed by atoms with E-state index in [-0.39, 0.29) is 5.91 Å². The maximum absolute atomic E-state index is 12.5. The predicted molar refractivity (Wildman–Crippen MR) is 81.6 cm³/mol. The first-order valence-corrected chi connectivity index (χ1v) is 8.16. The lowest BCUT2D eigenvalue weighted by molar-refractivity contribution is -0.119. The van der Waals surface area contributed by atoms with E-state index >= 15 is 0 Å². The van der Waals surface area contributed by atoms with Crippen molar-refractivity contribution >= 4 is 29.0 Å². The number of nitrogens with zero attached hydrogens (tertiary/aromatic N) is 1. The summed E-state index contributed by atoms with van der Waals surface area (Å²) in [6.45, 7) is 0.795. The molecule has 0 atom stereocenters. The lowest BCUT2D eigenvalue weighted by atomic mass is 9.98. The normalized spacial score (nSPS) is 19.5. The van der Waals surface area contributed by atoms with E-state index in [1.807, 2.05) is 34.9 Å². The van der Waals surface area contributed by atoms with E-state index in [1.165, 1.54) is 24.3 Å². The number of nitrogens with two attached hydrogens (primary N) is 1. The second kappa shape index (κ2) is 5.45. The summed E-state index contributed by atoms with van der Waals surface area (Å²) in [6, 6.07) is 5.88. The molecular weight excluding hydrogens is 256 g/mol. The van der Waals surface area contributed by atoms with Crippen LogP contribution in [0.15, 0.2) is 18.2 Å². The van der Waals surface area contributed by atoms with E-state index in [0.717, 1.165) is 29.9 Å². The summed E-state index contributed by atoms with van der Waals surface area (Å²) < 4.78 is 0. The number of carbonyl (C=O) groups excluding carboxylic acids is 1. The first-order valence-electron chi connectivity index (χ1n) is 7.01. The second-order valence-electron chi connectivity index (χ2n) is 5.40. The number of rotatable bonds is 2. The lowest BCUT2D eigenvalue weighted by Gasteiger charge is -2.24. The number of nitrogen functional groups attached to an aromatic ring is 1. The minimum absolute atomic E-state index is 0.279.